The van der Waals surface area contributed by atoms with Crippen LogP contribution in [0.15, 0.2) is 0 Å². The van der Waals surface area contributed by atoms with Crippen LogP contribution < -0.4 is 0 Å². The first-order valence-corrected chi connectivity index (χ1v) is 4.15. The zero-order valence-corrected chi connectivity index (χ0v) is 7.49. The lowest BCUT2D eigenvalue weighted by molar-refractivity contribution is -0.0575. The first-order valence-electron chi connectivity index (χ1n) is 4.15. The molecular weight excluding hydrogens is 160 g/mol. The summed E-state index contributed by atoms with van der Waals surface area (Å²) in [5.41, 5.74) is -0.880. The van der Waals surface area contributed by atoms with Crippen molar-refractivity contribution < 1.29 is 20.1 Å². The van der Waals surface area contributed by atoms with Gasteiger partial charge in [0.2, 0.25) is 0 Å². The molecule has 0 amide bonds. The number of hydrogen-bond donors (Lipinski definition) is 3. The zero-order valence-electron chi connectivity index (χ0n) is 7.49. The van der Waals surface area contributed by atoms with Crippen molar-refractivity contribution in [2.24, 2.45) is 5.41 Å². The lowest BCUT2D eigenvalue weighted by atomic mass is 9.93. The summed E-state index contributed by atoms with van der Waals surface area (Å²) < 4.78 is 5.14. The van der Waals surface area contributed by atoms with Gasteiger partial charge in [0, 0.05) is 6.61 Å². The van der Waals surface area contributed by atoms with Crippen LogP contribution in [0, 0.1) is 5.41 Å². The molecule has 3 N–H and O–H groups in total. The van der Waals surface area contributed by atoms with Gasteiger partial charge >= 0.3 is 0 Å². The van der Waals surface area contributed by atoms with Gasteiger partial charge in [0.1, 0.15) is 0 Å². The van der Waals surface area contributed by atoms with E-state index in [1.807, 2.05) is 6.92 Å². The summed E-state index contributed by atoms with van der Waals surface area (Å²) in [4.78, 5) is 0. The second-order valence-corrected chi connectivity index (χ2v) is 3.03. The van der Waals surface area contributed by atoms with Gasteiger partial charge in [0.25, 0.3) is 0 Å². The predicted octanol–water partition coefficient (Wildman–Crippen LogP) is -0.624. The van der Waals surface area contributed by atoms with Crippen LogP contribution in [0.3, 0.4) is 0 Å². The average Bonchev–Trinajstić information content (AvgIpc) is 2.14. The minimum atomic E-state index is -0.880. The Balaban J connectivity index is 3.76. The topological polar surface area (TPSA) is 69.9 Å². The number of aliphatic hydroxyl groups is 3. The number of ether oxygens (including phenoxy) is 1. The minimum absolute atomic E-state index is 0.199. The molecule has 74 valence electrons. The van der Waals surface area contributed by atoms with Gasteiger partial charge in [-0.2, -0.15) is 0 Å². The highest BCUT2D eigenvalue weighted by Crippen LogP contribution is 2.14. The summed E-state index contributed by atoms with van der Waals surface area (Å²) in [5.74, 6) is 0. The van der Waals surface area contributed by atoms with Crippen molar-refractivity contribution in [1.82, 2.24) is 0 Å². The van der Waals surface area contributed by atoms with Gasteiger partial charge in [-0.25, -0.2) is 0 Å². The molecule has 0 aliphatic carbocycles. The second kappa shape index (κ2) is 6.37. The molecule has 0 aromatic rings. The molecule has 0 aromatic carbocycles. The van der Waals surface area contributed by atoms with E-state index >= 15 is 0 Å². The standard InChI is InChI=1S/C8H18O4/c1-2-3-12-7-8(4-9,5-10)6-11/h9-11H,2-7H2,1H3. The molecule has 0 aliphatic heterocycles. The fraction of sp³-hybridized carbons (Fsp3) is 1.00. The van der Waals surface area contributed by atoms with E-state index in [9.17, 15) is 0 Å². The van der Waals surface area contributed by atoms with E-state index in [4.69, 9.17) is 20.1 Å². The van der Waals surface area contributed by atoms with Gasteiger partial charge in [-0.15, -0.1) is 0 Å². The molecule has 0 saturated heterocycles. The van der Waals surface area contributed by atoms with Crippen LogP contribution in [0.1, 0.15) is 13.3 Å². The van der Waals surface area contributed by atoms with Crippen molar-refractivity contribution in [2.45, 2.75) is 13.3 Å². The van der Waals surface area contributed by atoms with Crippen molar-refractivity contribution in [2.75, 3.05) is 33.0 Å². The fourth-order valence-electron chi connectivity index (χ4n) is 0.720. The first kappa shape index (κ1) is 11.8. The van der Waals surface area contributed by atoms with Crippen molar-refractivity contribution in [3.8, 4) is 0 Å². The van der Waals surface area contributed by atoms with E-state index in [1.165, 1.54) is 0 Å². The Hall–Kier alpha value is -0.160. The van der Waals surface area contributed by atoms with Gasteiger partial charge in [-0.3, -0.25) is 0 Å². The van der Waals surface area contributed by atoms with Gasteiger partial charge in [-0.05, 0) is 6.42 Å². The second-order valence-electron chi connectivity index (χ2n) is 3.03. The molecule has 0 saturated carbocycles. The molecule has 0 spiro atoms. The van der Waals surface area contributed by atoms with Crippen LogP contribution >= 0.6 is 0 Å². The smallest absolute Gasteiger partial charge is 0.0629 e. The molecule has 0 bridgehead atoms. The molecule has 0 heterocycles. The van der Waals surface area contributed by atoms with E-state index in [0.717, 1.165) is 6.42 Å². The van der Waals surface area contributed by atoms with Crippen LogP contribution in [-0.2, 0) is 4.74 Å². The van der Waals surface area contributed by atoms with Crippen molar-refractivity contribution in [3.05, 3.63) is 0 Å². The predicted molar refractivity (Wildman–Crippen MR) is 44.8 cm³/mol. The van der Waals surface area contributed by atoms with Crippen molar-refractivity contribution in [1.29, 1.82) is 0 Å². The third-order valence-electron chi connectivity index (χ3n) is 1.76. The molecule has 0 atom stereocenters. The molecule has 4 heteroatoms. The highest BCUT2D eigenvalue weighted by Gasteiger charge is 2.28. The largest absolute Gasteiger partial charge is 0.396 e. The Labute approximate surface area is 72.8 Å². The molecule has 0 fully saturated rings. The third-order valence-corrected chi connectivity index (χ3v) is 1.76. The normalized spacial score (nSPS) is 12.0. The van der Waals surface area contributed by atoms with E-state index in [2.05, 4.69) is 0 Å². The molecule has 0 unspecified atom stereocenters. The Morgan fingerprint density at radius 3 is 1.92 bits per heavy atom. The Morgan fingerprint density at radius 2 is 1.58 bits per heavy atom. The van der Waals surface area contributed by atoms with Crippen LogP contribution in [0.2, 0.25) is 0 Å². The summed E-state index contributed by atoms with van der Waals surface area (Å²) >= 11 is 0. The first-order chi connectivity index (χ1) is 5.74. The van der Waals surface area contributed by atoms with E-state index < -0.39 is 5.41 Å². The van der Waals surface area contributed by atoms with Gasteiger partial charge < -0.3 is 20.1 Å². The van der Waals surface area contributed by atoms with Crippen molar-refractivity contribution >= 4 is 0 Å². The quantitative estimate of drug-likeness (QED) is 0.454. The summed E-state index contributed by atoms with van der Waals surface area (Å²) in [6.07, 6.45) is 0.887. The molecular formula is C8H18O4. The molecule has 4 nitrogen and oxygen atoms in total. The maximum atomic E-state index is 8.88. The third kappa shape index (κ3) is 3.49. The Morgan fingerprint density at radius 1 is 1.08 bits per heavy atom. The number of aliphatic hydroxyl groups excluding tert-OH is 3. The van der Waals surface area contributed by atoms with Crippen LogP contribution in [-0.4, -0.2) is 48.4 Å². The minimum Gasteiger partial charge on any atom is -0.396 e. The summed E-state index contributed by atoms with van der Waals surface area (Å²) in [6.45, 7) is 1.97. The van der Waals surface area contributed by atoms with Gasteiger partial charge in [0.05, 0.1) is 31.8 Å². The van der Waals surface area contributed by atoms with Crippen LogP contribution in [0.5, 0.6) is 0 Å². The van der Waals surface area contributed by atoms with Gasteiger partial charge in [-0.1, -0.05) is 6.92 Å². The Kier molecular flexibility index (Phi) is 6.28. The molecule has 0 rings (SSSR count). The van der Waals surface area contributed by atoms with E-state index in [1.54, 1.807) is 0 Å². The lowest BCUT2D eigenvalue weighted by Gasteiger charge is -2.26. The Bertz CT molecular complexity index is 93.0. The lowest BCUT2D eigenvalue weighted by Crippen LogP contribution is -2.38. The van der Waals surface area contributed by atoms with Crippen LogP contribution in [0.4, 0.5) is 0 Å². The fourth-order valence-corrected chi connectivity index (χ4v) is 0.720. The number of hydrogen-bond acceptors (Lipinski definition) is 4. The highest BCUT2D eigenvalue weighted by atomic mass is 16.5. The maximum Gasteiger partial charge on any atom is 0.0629 e. The summed E-state index contributed by atoms with van der Waals surface area (Å²) in [6, 6.07) is 0. The molecule has 0 aliphatic rings. The highest BCUT2D eigenvalue weighted by molar-refractivity contribution is 4.76. The van der Waals surface area contributed by atoms with E-state index in [0.29, 0.717) is 6.61 Å². The molecule has 0 radical (unpaired) electrons. The monoisotopic (exact) mass is 178 g/mol. The maximum absolute atomic E-state index is 8.88. The van der Waals surface area contributed by atoms with Crippen LogP contribution in [0.25, 0.3) is 0 Å². The summed E-state index contributed by atoms with van der Waals surface area (Å²) in [5, 5.41) is 26.6. The molecule has 0 aromatic heterocycles. The van der Waals surface area contributed by atoms with Gasteiger partial charge in [0.15, 0.2) is 0 Å². The van der Waals surface area contributed by atoms with E-state index in [-0.39, 0.29) is 26.4 Å². The summed E-state index contributed by atoms with van der Waals surface area (Å²) in [7, 11) is 0. The number of rotatable bonds is 7. The molecule has 12 heavy (non-hydrogen) atoms. The van der Waals surface area contributed by atoms with Crippen molar-refractivity contribution in [3.63, 3.8) is 0 Å². The SMILES string of the molecule is CCCOCC(CO)(CO)CO. The zero-order chi connectivity index (χ0) is 9.45. The average molecular weight is 178 g/mol.